The first kappa shape index (κ1) is 14.6. The lowest BCUT2D eigenvalue weighted by molar-refractivity contribution is 0.472. The summed E-state index contributed by atoms with van der Waals surface area (Å²) in [6.07, 6.45) is 0.323. The third kappa shape index (κ3) is 3.39. The molecular weight excluding hydrogens is 263 g/mol. The van der Waals surface area contributed by atoms with Crippen molar-refractivity contribution in [1.29, 1.82) is 0 Å². The van der Waals surface area contributed by atoms with Crippen molar-refractivity contribution in [3.05, 3.63) is 71.0 Å². The van der Waals surface area contributed by atoms with E-state index in [4.69, 9.17) is 0 Å². The third-order valence-electron chi connectivity index (χ3n) is 3.13. The normalized spacial score (nSPS) is 12.4. The number of rotatable bonds is 5. The molecule has 1 nitrogen and oxygen atoms in total. The largest absolute Gasteiger partial charge is 0.310 e. The second-order valence-electron chi connectivity index (χ2n) is 4.58. The van der Waals surface area contributed by atoms with Gasteiger partial charge in [0.25, 0.3) is 0 Å². The lowest BCUT2D eigenvalue weighted by Crippen LogP contribution is -2.25. The Hall–Kier alpha value is -1.81. The molecule has 0 aliphatic carbocycles. The smallest absolute Gasteiger partial charge is 0.130 e. The van der Waals surface area contributed by atoms with Gasteiger partial charge in [-0.1, -0.05) is 25.1 Å². The summed E-state index contributed by atoms with van der Waals surface area (Å²) in [4.78, 5) is 0. The zero-order chi connectivity index (χ0) is 14.5. The highest BCUT2D eigenvalue weighted by atomic mass is 19.1. The van der Waals surface area contributed by atoms with Crippen molar-refractivity contribution in [3.8, 4) is 0 Å². The predicted octanol–water partition coefficient (Wildman–Crippen LogP) is 4.00. The van der Waals surface area contributed by atoms with Crippen LogP contribution in [-0.4, -0.2) is 6.54 Å². The molecule has 106 valence electrons. The van der Waals surface area contributed by atoms with Gasteiger partial charge in [0.05, 0.1) is 0 Å². The minimum absolute atomic E-state index is 0.00129. The molecule has 0 saturated heterocycles. The Morgan fingerprint density at radius 3 is 2.25 bits per heavy atom. The second-order valence-corrected chi connectivity index (χ2v) is 4.58. The number of nitrogens with one attached hydrogen (secondary N) is 1. The van der Waals surface area contributed by atoms with Crippen LogP contribution < -0.4 is 5.32 Å². The molecule has 2 rings (SSSR count). The van der Waals surface area contributed by atoms with E-state index >= 15 is 0 Å². The monoisotopic (exact) mass is 279 g/mol. The summed E-state index contributed by atoms with van der Waals surface area (Å²) in [7, 11) is 0. The first-order valence-electron chi connectivity index (χ1n) is 6.53. The number of halogens is 3. The van der Waals surface area contributed by atoms with E-state index in [0.717, 1.165) is 0 Å². The van der Waals surface area contributed by atoms with Crippen LogP contribution in [0.1, 0.15) is 24.1 Å². The van der Waals surface area contributed by atoms with E-state index in [1.54, 1.807) is 12.1 Å². The summed E-state index contributed by atoms with van der Waals surface area (Å²) < 4.78 is 40.9. The fourth-order valence-corrected chi connectivity index (χ4v) is 2.27. The highest BCUT2D eigenvalue weighted by Gasteiger charge is 2.19. The average Bonchev–Trinajstić information content (AvgIpc) is 2.38. The maximum atomic E-state index is 13.9. The maximum absolute atomic E-state index is 13.9. The number of benzene rings is 2. The van der Waals surface area contributed by atoms with E-state index in [0.29, 0.717) is 18.5 Å². The molecule has 2 aromatic carbocycles. The Kier molecular flexibility index (Phi) is 4.79. The molecule has 0 fully saturated rings. The molecule has 0 aliphatic heterocycles. The van der Waals surface area contributed by atoms with Crippen LogP contribution in [0.4, 0.5) is 13.2 Å². The summed E-state index contributed by atoms with van der Waals surface area (Å²) in [5, 5.41) is 3.05. The SMILES string of the molecule is CCNC(Cc1cccc(F)c1)c1c(F)cccc1F. The van der Waals surface area contributed by atoms with Gasteiger partial charge in [-0.05, 0) is 42.8 Å². The number of hydrogen-bond donors (Lipinski definition) is 1. The molecule has 0 aliphatic rings. The lowest BCUT2D eigenvalue weighted by atomic mass is 9.97. The van der Waals surface area contributed by atoms with E-state index in [9.17, 15) is 13.2 Å². The van der Waals surface area contributed by atoms with Crippen LogP contribution in [-0.2, 0) is 6.42 Å². The topological polar surface area (TPSA) is 12.0 Å². The van der Waals surface area contributed by atoms with Crippen molar-refractivity contribution in [2.75, 3.05) is 6.54 Å². The molecule has 0 amide bonds. The van der Waals surface area contributed by atoms with Crippen molar-refractivity contribution < 1.29 is 13.2 Å². The fourth-order valence-electron chi connectivity index (χ4n) is 2.27. The first-order chi connectivity index (χ1) is 9.61. The van der Waals surface area contributed by atoms with Gasteiger partial charge in [-0.25, -0.2) is 13.2 Å². The standard InChI is InChI=1S/C16H16F3N/c1-2-20-15(10-11-5-3-6-12(17)9-11)16-13(18)7-4-8-14(16)19/h3-9,15,20H,2,10H2,1H3. The summed E-state index contributed by atoms with van der Waals surface area (Å²) >= 11 is 0. The minimum atomic E-state index is -0.590. The van der Waals surface area contributed by atoms with Gasteiger partial charge >= 0.3 is 0 Å². The van der Waals surface area contributed by atoms with Crippen LogP contribution >= 0.6 is 0 Å². The van der Waals surface area contributed by atoms with Crippen LogP contribution in [0.25, 0.3) is 0 Å². The van der Waals surface area contributed by atoms with E-state index in [1.165, 1.54) is 30.3 Å². The van der Waals surface area contributed by atoms with Gasteiger partial charge in [-0.15, -0.1) is 0 Å². The van der Waals surface area contributed by atoms with Crippen LogP contribution in [0.5, 0.6) is 0 Å². The second kappa shape index (κ2) is 6.57. The Bertz CT molecular complexity index is 563. The van der Waals surface area contributed by atoms with Crippen LogP contribution in [0.2, 0.25) is 0 Å². The summed E-state index contributed by atoms with van der Waals surface area (Å²) in [6.45, 7) is 2.42. The molecule has 0 spiro atoms. The van der Waals surface area contributed by atoms with Crippen LogP contribution in [0.3, 0.4) is 0 Å². The zero-order valence-electron chi connectivity index (χ0n) is 11.2. The molecule has 0 bridgehead atoms. The average molecular weight is 279 g/mol. The summed E-state index contributed by atoms with van der Waals surface area (Å²) in [5.41, 5.74) is 0.692. The molecule has 0 radical (unpaired) electrons. The van der Waals surface area contributed by atoms with Crippen molar-refractivity contribution in [2.45, 2.75) is 19.4 Å². The molecule has 0 heterocycles. The van der Waals surface area contributed by atoms with Crippen LogP contribution in [0, 0.1) is 17.5 Å². The van der Waals surface area contributed by atoms with Crippen LogP contribution in [0.15, 0.2) is 42.5 Å². The Morgan fingerprint density at radius 2 is 1.65 bits per heavy atom. The van der Waals surface area contributed by atoms with Crippen molar-refractivity contribution in [3.63, 3.8) is 0 Å². The van der Waals surface area contributed by atoms with E-state index in [-0.39, 0.29) is 11.4 Å². The van der Waals surface area contributed by atoms with Gasteiger partial charge in [0.15, 0.2) is 0 Å². The minimum Gasteiger partial charge on any atom is -0.310 e. The fraction of sp³-hybridized carbons (Fsp3) is 0.250. The Morgan fingerprint density at radius 1 is 1.00 bits per heavy atom. The molecule has 0 aromatic heterocycles. The van der Waals surface area contributed by atoms with Gasteiger partial charge in [0.1, 0.15) is 17.5 Å². The highest BCUT2D eigenvalue weighted by molar-refractivity contribution is 5.27. The predicted molar refractivity (Wildman–Crippen MR) is 72.9 cm³/mol. The number of hydrogen-bond acceptors (Lipinski definition) is 1. The lowest BCUT2D eigenvalue weighted by Gasteiger charge is -2.19. The van der Waals surface area contributed by atoms with Crippen molar-refractivity contribution in [2.24, 2.45) is 0 Å². The van der Waals surface area contributed by atoms with E-state index in [1.807, 2.05) is 6.92 Å². The molecule has 1 N–H and O–H groups in total. The zero-order valence-corrected chi connectivity index (χ0v) is 11.2. The molecular formula is C16H16F3N. The van der Waals surface area contributed by atoms with Gasteiger partial charge in [0, 0.05) is 11.6 Å². The van der Waals surface area contributed by atoms with Crippen molar-refractivity contribution in [1.82, 2.24) is 5.32 Å². The molecule has 0 saturated carbocycles. The van der Waals surface area contributed by atoms with Crippen molar-refractivity contribution >= 4 is 0 Å². The first-order valence-corrected chi connectivity index (χ1v) is 6.53. The summed E-state index contributed by atoms with van der Waals surface area (Å²) in [5.74, 6) is -1.54. The van der Waals surface area contributed by atoms with E-state index in [2.05, 4.69) is 5.32 Å². The highest BCUT2D eigenvalue weighted by Crippen LogP contribution is 2.24. The Labute approximate surface area is 116 Å². The Balaban J connectivity index is 2.32. The van der Waals surface area contributed by atoms with E-state index < -0.39 is 17.7 Å². The quantitative estimate of drug-likeness (QED) is 0.872. The van der Waals surface area contributed by atoms with Gasteiger partial charge < -0.3 is 5.32 Å². The molecule has 2 aromatic rings. The maximum Gasteiger partial charge on any atom is 0.130 e. The molecule has 1 atom stereocenters. The summed E-state index contributed by atoms with van der Waals surface area (Å²) in [6, 6.07) is 9.32. The molecule has 1 unspecified atom stereocenters. The molecule has 20 heavy (non-hydrogen) atoms. The van der Waals surface area contributed by atoms with Gasteiger partial charge in [-0.3, -0.25) is 0 Å². The number of likely N-dealkylation sites (N-methyl/N-ethyl adjacent to an activating group) is 1. The van der Waals surface area contributed by atoms with Gasteiger partial charge in [-0.2, -0.15) is 0 Å². The van der Waals surface area contributed by atoms with Gasteiger partial charge in [0.2, 0.25) is 0 Å². The third-order valence-corrected chi connectivity index (χ3v) is 3.13. The molecule has 4 heteroatoms.